The number of hydrogen-bond donors (Lipinski definition) is 0. The highest BCUT2D eigenvalue weighted by atomic mass is 17.2. The third kappa shape index (κ3) is 4.24. The van der Waals surface area contributed by atoms with Crippen molar-refractivity contribution < 1.29 is 19.6 Å². The zero-order valence-electron chi connectivity index (χ0n) is 9.80. The molecule has 5 nitrogen and oxygen atoms in total. The maximum Gasteiger partial charge on any atom is 0.0914 e. The fourth-order valence-electron chi connectivity index (χ4n) is 1.36. The molecular formula is C11H17NO4. The fourth-order valence-corrected chi connectivity index (χ4v) is 1.36. The van der Waals surface area contributed by atoms with E-state index in [0.29, 0.717) is 13.2 Å². The Bertz CT molecular complexity index is 298. The maximum absolute atomic E-state index is 4.93. The maximum atomic E-state index is 4.93. The molecule has 0 saturated carbocycles. The van der Waals surface area contributed by atoms with Gasteiger partial charge in [-0.2, -0.15) is 0 Å². The van der Waals surface area contributed by atoms with Crippen LogP contribution in [0.4, 0.5) is 0 Å². The number of nitrogens with zero attached hydrogens (tertiary/aromatic N) is 1. The van der Waals surface area contributed by atoms with Gasteiger partial charge in [0.15, 0.2) is 0 Å². The predicted octanol–water partition coefficient (Wildman–Crippen LogP) is 1.63. The predicted molar refractivity (Wildman–Crippen MR) is 57.6 cm³/mol. The Morgan fingerprint density at radius 1 is 1.19 bits per heavy atom. The molecule has 0 amide bonds. The number of pyridine rings is 1. The van der Waals surface area contributed by atoms with Gasteiger partial charge in [-0.25, -0.2) is 19.6 Å². The van der Waals surface area contributed by atoms with E-state index >= 15 is 0 Å². The Balaban J connectivity index is 2.66. The Morgan fingerprint density at radius 3 is 2.31 bits per heavy atom. The third-order valence-corrected chi connectivity index (χ3v) is 2.17. The minimum Gasteiger partial charge on any atom is -0.262 e. The van der Waals surface area contributed by atoms with Crippen molar-refractivity contribution in [3.63, 3.8) is 0 Å². The van der Waals surface area contributed by atoms with Crippen LogP contribution < -0.4 is 0 Å². The zero-order chi connectivity index (χ0) is 11.8. The molecule has 0 unspecified atom stereocenters. The molecule has 5 heteroatoms. The van der Waals surface area contributed by atoms with Gasteiger partial charge in [0.1, 0.15) is 0 Å². The topological polar surface area (TPSA) is 49.8 Å². The summed E-state index contributed by atoms with van der Waals surface area (Å²) in [6.45, 7) is 2.75. The van der Waals surface area contributed by atoms with Crippen LogP contribution in [-0.4, -0.2) is 32.4 Å². The second-order valence-electron chi connectivity index (χ2n) is 3.33. The molecule has 0 aliphatic carbocycles. The molecule has 1 aromatic heterocycles. The van der Waals surface area contributed by atoms with Crippen molar-refractivity contribution in [3.8, 4) is 0 Å². The summed E-state index contributed by atoms with van der Waals surface area (Å²) in [5, 5.41) is 0. The van der Waals surface area contributed by atoms with E-state index in [2.05, 4.69) is 14.8 Å². The smallest absolute Gasteiger partial charge is 0.0914 e. The molecule has 16 heavy (non-hydrogen) atoms. The van der Waals surface area contributed by atoms with Gasteiger partial charge in [-0.05, 0) is 24.6 Å². The third-order valence-electron chi connectivity index (χ3n) is 2.17. The van der Waals surface area contributed by atoms with Gasteiger partial charge in [0.05, 0.1) is 27.4 Å². The first-order valence-corrected chi connectivity index (χ1v) is 5.01. The van der Waals surface area contributed by atoms with Gasteiger partial charge in [0, 0.05) is 17.8 Å². The van der Waals surface area contributed by atoms with Crippen LogP contribution in [-0.2, 0) is 19.6 Å². The van der Waals surface area contributed by atoms with Crippen molar-refractivity contribution in [2.45, 2.75) is 12.8 Å². The summed E-state index contributed by atoms with van der Waals surface area (Å²) in [5.41, 5.74) is 2.04. The normalized spacial score (nSPS) is 11.0. The Hall–Kier alpha value is -1.01. The largest absolute Gasteiger partial charge is 0.262 e. The van der Waals surface area contributed by atoms with E-state index in [9.17, 15) is 0 Å². The standard InChI is InChI=1S/C11H17NO4/c1-9-6-10(4-5-12-9)11(7-15-13-2)8-16-14-3/h4-6,11H,7-8H2,1-3H3. The van der Waals surface area contributed by atoms with E-state index in [1.54, 1.807) is 6.20 Å². The molecule has 1 heterocycles. The van der Waals surface area contributed by atoms with Crippen LogP contribution in [0.3, 0.4) is 0 Å². The molecule has 0 aliphatic rings. The zero-order valence-corrected chi connectivity index (χ0v) is 9.80. The van der Waals surface area contributed by atoms with Crippen LogP contribution in [0.5, 0.6) is 0 Å². The van der Waals surface area contributed by atoms with Gasteiger partial charge in [-0.15, -0.1) is 0 Å². The van der Waals surface area contributed by atoms with Crippen LogP contribution in [0.1, 0.15) is 17.2 Å². The van der Waals surface area contributed by atoms with Crippen LogP contribution in [0.25, 0.3) is 0 Å². The highest BCUT2D eigenvalue weighted by Gasteiger charge is 2.13. The summed E-state index contributed by atoms with van der Waals surface area (Å²) in [4.78, 5) is 23.2. The molecule has 90 valence electrons. The van der Waals surface area contributed by atoms with Crippen molar-refractivity contribution >= 4 is 0 Å². The molecule has 0 spiro atoms. The van der Waals surface area contributed by atoms with Crippen molar-refractivity contribution in [2.24, 2.45) is 0 Å². The average Bonchev–Trinajstić information content (AvgIpc) is 2.29. The first kappa shape index (κ1) is 13.1. The minimum absolute atomic E-state index is 0.0570. The fraction of sp³-hybridized carbons (Fsp3) is 0.545. The number of aryl methyl sites for hydroxylation is 1. The summed E-state index contributed by atoms with van der Waals surface area (Å²) in [6, 6.07) is 3.92. The second kappa shape index (κ2) is 7.29. The first-order valence-electron chi connectivity index (χ1n) is 5.01. The van der Waals surface area contributed by atoms with Gasteiger partial charge < -0.3 is 0 Å². The Labute approximate surface area is 95.2 Å². The highest BCUT2D eigenvalue weighted by Crippen LogP contribution is 2.17. The lowest BCUT2D eigenvalue weighted by atomic mass is 10.0. The van der Waals surface area contributed by atoms with Crippen LogP contribution in [0, 0.1) is 6.92 Å². The SMILES string of the molecule is COOCC(COOC)c1ccnc(C)c1. The van der Waals surface area contributed by atoms with E-state index in [-0.39, 0.29) is 5.92 Å². The second-order valence-corrected chi connectivity index (χ2v) is 3.33. The van der Waals surface area contributed by atoms with Crippen molar-refractivity contribution in [1.82, 2.24) is 4.98 Å². The minimum atomic E-state index is 0.0570. The Morgan fingerprint density at radius 2 is 1.81 bits per heavy atom. The van der Waals surface area contributed by atoms with Gasteiger partial charge in [-0.1, -0.05) is 0 Å². The molecule has 0 atom stereocenters. The van der Waals surface area contributed by atoms with Crippen molar-refractivity contribution in [3.05, 3.63) is 29.6 Å². The average molecular weight is 227 g/mol. The van der Waals surface area contributed by atoms with E-state index in [0.717, 1.165) is 11.3 Å². The van der Waals surface area contributed by atoms with E-state index in [1.165, 1.54) is 14.2 Å². The lowest BCUT2D eigenvalue weighted by Gasteiger charge is -2.15. The van der Waals surface area contributed by atoms with E-state index < -0.39 is 0 Å². The van der Waals surface area contributed by atoms with Gasteiger partial charge >= 0.3 is 0 Å². The van der Waals surface area contributed by atoms with Crippen molar-refractivity contribution in [2.75, 3.05) is 27.4 Å². The molecule has 0 N–H and O–H groups in total. The number of rotatable bonds is 7. The molecular weight excluding hydrogens is 210 g/mol. The summed E-state index contributed by atoms with van der Waals surface area (Å²) in [5.74, 6) is 0.0570. The molecule has 1 aromatic rings. The number of aromatic nitrogens is 1. The van der Waals surface area contributed by atoms with Crippen molar-refractivity contribution in [1.29, 1.82) is 0 Å². The van der Waals surface area contributed by atoms with Crippen LogP contribution in [0.15, 0.2) is 18.3 Å². The molecule has 0 saturated heterocycles. The number of hydrogen-bond acceptors (Lipinski definition) is 5. The van der Waals surface area contributed by atoms with Gasteiger partial charge in [0.25, 0.3) is 0 Å². The summed E-state index contributed by atoms with van der Waals surface area (Å²) < 4.78 is 0. The molecule has 0 radical (unpaired) electrons. The summed E-state index contributed by atoms with van der Waals surface area (Å²) >= 11 is 0. The monoisotopic (exact) mass is 227 g/mol. The van der Waals surface area contributed by atoms with Gasteiger partial charge in [0.2, 0.25) is 0 Å². The lowest BCUT2D eigenvalue weighted by molar-refractivity contribution is -0.299. The Kier molecular flexibility index (Phi) is 5.95. The summed E-state index contributed by atoms with van der Waals surface area (Å²) in [6.07, 6.45) is 1.76. The van der Waals surface area contributed by atoms with E-state index in [4.69, 9.17) is 9.78 Å². The van der Waals surface area contributed by atoms with E-state index in [1.807, 2.05) is 19.1 Å². The first-order chi connectivity index (χ1) is 7.77. The molecule has 0 aromatic carbocycles. The van der Waals surface area contributed by atoms with Gasteiger partial charge in [-0.3, -0.25) is 4.98 Å². The molecule has 0 fully saturated rings. The van der Waals surface area contributed by atoms with Crippen LogP contribution in [0.2, 0.25) is 0 Å². The molecule has 1 rings (SSSR count). The highest BCUT2D eigenvalue weighted by molar-refractivity contribution is 5.20. The lowest BCUT2D eigenvalue weighted by Crippen LogP contribution is -2.14. The van der Waals surface area contributed by atoms with Crippen LogP contribution >= 0.6 is 0 Å². The quantitative estimate of drug-likeness (QED) is 0.523. The molecule has 0 bridgehead atoms. The molecule has 0 aliphatic heterocycles. The summed E-state index contributed by atoms with van der Waals surface area (Å²) in [7, 11) is 2.96.